The van der Waals surface area contributed by atoms with Crippen molar-refractivity contribution in [2.45, 2.75) is 39.3 Å². The smallest absolute Gasteiger partial charge is 0.293 e. The molecule has 1 amide bonds. The molecule has 1 aromatic heterocycles. The fourth-order valence-corrected chi connectivity index (χ4v) is 4.63. The van der Waals surface area contributed by atoms with Gasteiger partial charge in [-0.15, -0.1) is 0 Å². The van der Waals surface area contributed by atoms with Crippen molar-refractivity contribution in [1.82, 2.24) is 9.88 Å². The van der Waals surface area contributed by atoms with Gasteiger partial charge in [-0.1, -0.05) is 18.2 Å². The van der Waals surface area contributed by atoms with Crippen LogP contribution in [-0.2, 0) is 6.54 Å². The zero-order valence-electron chi connectivity index (χ0n) is 20.1. The second kappa shape index (κ2) is 9.57. The molecule has 36 heavy (non-hydrogen) atoms. The summed E-state index contributed by atoms with van der Waals surface area (Å²) in [7, 11) is 0. The van der Waals surface area contributed by atoms with Crippen LogP contribution in [-0.4, -0.2) is 10.5 Å². The number of benzene rings is 3. The van der Waals surface area contributed by atoms with E-state index in [9.17, 15) is 13.6 Å². The first kappa shape index (κ1) is 23.7. The average molecular weight is 488 g/mol. The lowest BCUT2D eigenvalue weighted by Gasteiger charge is -2.20. The standard InChI is InChI=1S/C29H27F2N3O2/c1-17-12-24(30)6-7-25(17)22-13-19(16-34-9-10-36-29(34)32)14-23(15-22)28(35)33-27(20-3-4-20)21-5-8-26(31)18(2)11-21/h5-15,20,27,32H,3-4,16H2,1-2H3,(H,33,35). The molecule has 184 valence electrons. The molecule has 1 saturated carbocycles. The predicted molar refractivity (Wildman–Crippen MR) is 132 cm³/mol. The van der Waals surface area contributed by atoms with Gasteiger partial charge in [-0.25, -0.2) is 8.78 Å². The summed E-state index contributed by atoms with van der Waals surface area (Å²) in [6.45, 7) is 3.89. The van der Waals surface area contributed by atoms with Crippen LogP contribution in [0, 0.1) is 36.8 Å². The molecule has 0 radical (unpaired) electrons. The summed E-state index contributed by atoms with van der Waals surface area (Å²) in [6, 6.07) is 14.9. The number of aromatic nitrogens is 1. The van der Waals surface area contributed by atoms with Crippen LogP contribution in [0.25, 0.3) is 11.1 Å². The van der Waals surface area contributed by atoms with Crippen molar-refractivity contribution in [2.75, 3.05) is 0 Å². The van der Waals surface area contributed by atoms with E-state index in [0.29, 0.717) is 23.6 Å². The Labute approximate surface area is 207 Å². The van der Waals surface area contributed by atoms with Gasteiger partial charge in [0, 0.05) is 11.8 Å². The maximum absolute atomic E-state index is 13.9. The van der Waals surface area contributed by atoms with E-state index < -0.39 is 0 Å². The molecule has 2 N–H and O–H groups in total. The Kier molecular flexibility index (Phi) is 6.31. The highest BCUT2D eigenvalue weighted by molar-refractivity contribution is 5.96. The number of halogens is 2. The fraction of sp³-hybridized carbons (Fsp3) is 0.241. The van der Waals surface area contributed by atoms with Gasteiger partial charge in [0.15, 0.2) is 0 Å². The third-order valence-electron chi connectivity index (χ3n) is 6.71. The van der Waals surface area contributed by atoms with Crippen molar-refractivity contribution in [1.29, 1.82) is 5.41 Å². The van der Waals surface area contributed by atoms with Crippen LogP contribution in [0.15, 0.2) is 71.5 Å². The van der Waals surface area contributed by atoms with Gasteiger partial charge in [-0.05, 0) is 102 Å². The summed E-state index contributed by atoms with van der Waals surface area (Å²) in [4.78, 5) is 13.5. The molecular formula is C29H27F2N3O2. The molecule has 5 rings (SSSR count). The highest BCUT2D eigenvalue weighted by atomic mass is 19.1. The fourth-order valence-electron chi connectivity index (χ4n) is 4.63. The first-order valence-electron chi connectivity index (χ1n) is 11.9. The molecule has 7 heteroatoms. The van der Waals surface area contributed by atoms with E-state index in [1.165, 1.54) is 24.5 Å². The van der Waals surface area contributed by atoms with E-state index in [-0.39, 0.29) is 29.3 Å². The molecule has 1 aliphatic carbocycles. The van der Waals surface area contributed by atoms with Crippen LogP contribution in [0.3, 0.4) is 0 Å². The number of rotatable bonds is 7. The predicted octanol–water partition coefficient (Wildman–Crippen LogP) is 6.05. The molecule has 0 bridgehead atoms. The van der Waals surface area contributed by atoms with E-state index in [2.05, 4.69) is 5.32 Å². The summed E-state index contributed by atoms with van der Waals surface area (Å²) >= 11 is 0. The van der Waals surface area contributed by atoms with E-state index >= 15 is 0 Å². The molecule has 3 aromatic carbocycles. The van der Waals surface area contributed by atoms with E-state index in [0.717, 1.165) is 40.7 Å². The van der Waals surface area contributed by atoms with Crippen LogP contribution >= 0.6 is 0 Å². The van der Waals surface area contributed by atoms with Crippen LogP contribution in [0.4, 0.5) is 8.78 Å². The molecule has 5 nitrogen and oxygen atoms in total. The van der Waals surface area contributed by atoms with E-state index in [1.54, 1.807) is 48.0 Å². The largest absolute Gasteiger partial charge is 0.432 e. The third-order valence-corrected chi connectivity index (χ3v) is 6.71. The first-order chi connectivity index (χ1) is 17.3. The first-order valence-corrected chi connectivity index (χ1v) is 11.9. The topological polar surface area (TPSA) is 71.0 Å². The molecule has 0 aliphatic heterocycles. The number of carbonyl (C=O) groups excluding carboxylic acids is 1. The second-order valence-electron chi connectivity index (χ2n) is 9.51. The van der Waals surface area contributed by atoms with Crippen molar-refractivity contribution in [2.24, 2.45) is 5.92 Å². The highest BCUT2D eigenvalue weighted by Gasteiger charge is 2.34. The number of nitrogens with one attached hydrogen (secondary N) is 2. The average Bonchev–Trinajstić information content (AvgIpc) is 3.61. The Morgan fingerprint density at radius 3 is 2.56 bits per heavy atom. The number of hydrogen-bond donors (Lipinski definition) is 2. The number of amides is 1. The molecule has 0 saturated heterocycles. The van der Waals surface area contributed by atoms with E-state index in [4.69, 9.17) is 9.83 Å². The normalized spacial score (nSPS) is 14.0. The molecule has 1 fully saturated rings. The summed E-state index contributed by atoms with van der Waals surface area (Å²) in [5, 5.41) is 11.1. The number of aryl methyl sites for hydroxylation is 2. The van der Waals surface area contributed by atoms with Gasteiger partial charge in [0.2, 0.25) is 0 Å². The van der Waals surface area contributed by atoms with Gasteiger partial charge >= 0.3 is 0 Å². The van der Waals surface area contributed by atoms with Crippen molar-refractivity contribution in [3.63, 3.8) is 0 Å². The van der Waals surface area contributed by atoms with Crippen molar-refractivity contribution in [3.05, 3.63) is 112 Å². The third kappa shape index (κ3) is 5.00. The monoisotopic (exact) mass is 487 g/mol. The Morgan fingerprint density at radius 2 is 1.89 bits per heavy atom. The van der Waals surface area contributed by atoms with Crippen LogP contribution < -0.4 is 11.0 Å². The maximum atomic E-state index is 13.9. The van der Waals surface area contributed by atoms with Crippen molar-refractivity contribution in [3.8, 4) is 11.1 Å². The molecule has 1 unspecified atom stereocenters. The summed E-state index contributed by atoms with van der Waals surface area (Å²) in [5.74, 6) is -0.509. The number of hydrogen-bond acceptors (Lipinski definition) is 3. The Hall–Kier alpha value is -4.00. The lowest BCUT2D eigenvalue weighted by Crippen LogP contribution is -2.30. The van der Waals surface area contributed by atoms with Gasteiger partial charge in [-0.3, -0.25) is 14.8 Å². The quantitative estimate of drug-likeness (QED) is 0.333. The minimum Gasteiger partial charge on any atom is -0.432 e. The molecule has 0 spiro atoms. The lowest BCUT2D eigenvalue weighted by atomic mass is 9.95. The van der Waals surface area contributed by atoms with Gasteiger partial charge in [-0.2, -0.15) is 0 Å². The van der Waals surface area contributed by atoms with Crippen LogP contribution in [0.2, 0.25) is 0 Å². The van der Waals surface area contributed by atoms with Crippen LogP contribution in [0.1, 0.15) is 51.5 Å². The minimum absolute atomic E-state index is 0.00449. The molecular weight excluding hydrogens is 460 g/mol. The molecule has 1 aliphatic rings. The zero-order valence-corrected chi connectivity index (χ0v) is 20.1. The van der Waals surface area contributed by atoms with Crippen molar-refractivity contribution < 1.29 is 18.0 Å². The van der Waals surface area contributed by atoms with E-state index in [1.807, 2.05) is 13.0 Å². The number of carbonyl (C=O) groups is 1. The Morgan fingerprint density at radius 1 is 1.08 bits per heavy atom. The van der Waals surface area contributed by atoms with Gasteiger partial charge in [0.05, 0.1) is 12.6 Å². The van der Waals surface area contributed by atoms with Crippen molar-refractivity contribution >= 4 is 5.91 Å². The second-order valence-corrected chi connectivity index (χ2v) is 9.51. The lowest BCUT2D eigenvalue weighted by molar-refractivity contribution is 0.0931. The Balaban J connectivity index is 1.52. The minimum atomic E-state index is -0.319. The summed E-state index contributed by atoms with van der Waals surface area (Å²) < 4.78 is 34.4. The summed E-state index contributed by atoms with van der Waals surface area (Å²) in [6.07, 6.45) is 5.11. The van der Waals surface area contributed by atoms with Gasteiger partial charge < -0.3 is 9.73 Å². The molecule has 1 heterocycles. The maximum Gasteiger partial charge on any atom is 0.293 e. The Bertz CT molecular complexity index is 1500. The number of oxazole rings is 1. The molecule has 1 atom stereocenters. The summed E-state index contributed by atoms with van der Waals surface area (Å²) in [5.41, 5.74) is 5.08. The highest BCUT2D eigenvalue weighted by Crippen LogP contribution is 2.41. The molecule has 4 aromatic rings. The zero-order chi connectivity index (χ0) is 25.4. The van der Waals surface area contributed by atoms with Gasteiger partial charge in [0.25, 0.3) is 11.6 Å². The number of nitrogens with zero attached hydrogens (tertiary/aromatic N) is 1. The SMILES string of the molecule is Cc1cc(C(NC(=O)c2cc(Cn3ccoc3=N)cc(-c3ccc(F)cc3C)c2)C2CC2)ccc1F. The van der Waals surface area contributed by atoms with Crippen LogP contribution in [0.5, 0.6) is 0 Å². The van der Waals surface area contributed by atoms with Gasteiger partial charge in [0.1, 0.15) is 17.9 Å².